The van der Waals surface area contributed by atoms with Crippen LogP contribution in [0.25, 0.3) is 0 Å². The first kappa shape index (κ1) is 20.9. The van der Waals surface area contributed by atoms with Crippen LogP contribution in [-0.2, 0) is 19.1 Å². The van der Waals surface area contributed by atoms with Crippen LogP contribution in [0, 0.1) is 5.92 Å². The lowest BCUT2D eigenvalue weighted by molar-refractivity contribution is -0.145. The van der Waals surface area contributed by atoms with E-state index in [0.717, 1.165) is 25.7 Å². The van der Waals surface area contributed by atoms with Crippen molar-refractivity contribution < 1.29 is 19.1 Å². The Balaban J connectivity index is 3.18. The molecule has 0 aliphatic rings. The summed E-state index contributed by atoms with van der Waals surface area (Å²) in [4.78, 5) is 22.2. The van der Waals surface area contributed by atoms with Gasteiger partial charge in [-0.1, -0.05) is 64.7 Å². The normalized spacial score (nSPS) is 12.0. The summed E-state index contributed by atoms with van der Waals surface area (Å²) in [5, 5.41) is 0. The average molecular weight is 314 g/mol. The summed E-state index contributed by atoms with van der Waals surface area (Å²) < 4.78 is 9.33. The lowest BCUT2D eigenvalue weighted by atomic mass is 10.0. The molecule has 0 N–H and O–H groups in total. The van der Waals surface area contributed by atoms with Crippen LogP contribution in [0.3, 0.4) is 0 Å². The van der Waals surface area contributed by atoms with Gasteiger partial charge in [-0.15, -0.1) is 0 Å². The van der Waals surface area contributed by atoms with Gasteiger partial charge in [0.15, 0.2) is 0 Å². The van der Waals surface area contributed by atoms with E-state index in [-0.39, 0.29) is 17.9 Å². The Morgan fingerprint density at radius 1 is 0.727 bits per heavy atom. The van der Waals surface area contributed by atoms with Gasteiger partial charge in [-0.25, -0.2) is 0 Å². The van der Waals surface area contributed by atoms with Gasteiger partial charge < -0.3 is 9.47 Å². The van der Waals surface area contributed by atoms with Gasteiger partial charge in [-0.2, -0.15) is 0 Å². The number of unbranched alkanes of at least 4 members (excludes halogenated alkanes) is 9. The van der Waals surface area contributed by atoms with Gasteiger partial charge in [0, 0.05) is 6.42 Å². The van der Waals surface area contributed by atoms with Crippen molar-refractivity contribution in [1.29, 1.82) is 0 Å². The zero-order valence-corrected chi connectivity index (χ0v) is 14.7. The van der Waals surface area contributed by atoms with E-state index in [4.69, 9.17) is 4.74 Å². The first-order valence-electron chi connectivity index (χ1n) is 8.76. The van der Waals surface area contributed by atoms with Crippen molar-refractivity contribution in [2.75, 3.05) is 14.2 Å². The van der Waals surface area contributed by atoms with E-state index in [0.29, 0.717) is 6.42 Å². The van der Waals surface area contributed by atoms with Gasteiger partial charge in [-0.3, -0.25) is 9.59 Å². The molecule has 0 saturated heterocycles. The SMILES string of the molecule is COC(=O)CCCCCCCCCCCCC(C)C(=O)OC. The fraction of sp³-hybridized carbons (Fsp3) is 0.889. The molecule has 0 rings (SSSR count). The molecule has 0 fully saturated rings. The van der Waals surface area contributed by atoms with Crippen molar-refractivity contribution >= 4 is 11.9 Å². The van der Waals surface area contributed by atoms with E-state index in [1.54, 1.807) is 0 Å². The summed E-state index contributed by atoms with van der Waals surface area (Å²) >= 11 is 0. The molecule has 0 aliphatic heterocycles. The van der Waals surface area contributed by atoms with E-state index in [1.165, 1.54) is 59.2 Å². The zero-order chi connectivity index (χ0) is 16.6. The van der Waals surface area contributed by atoms with Crippen molar-refractivity contribution in [2.24, 2.45) is 5.92 Å². The van der Waals surface area contributed by atoms with Crippen LogP contribution >= 0.6 is 0 Å². The third kappa shape index (κ3) is 12.7. The van der Waals surface area contributed by atoms with Gasteiger partial charge in [0.2, 0.25) is 0 Å². The molecule has 0 aliphatic carbocycles. The molecule has 0 saturated carbocycles. The topological polar surface area (TPSA) is 52.6 Å². The molecule has 0 heterocycles. The van der Waals surface area contributed by atoms with Crippen LogP contribution in [0.1, 0.15) is 84.0 Å². The van der Waals surface area contributed by atoms with Crippen LogP contribution in [0.4, 0.5) is 0 Å². The molecule has 0 aromatic rings. The Kier molecular flexibility index (Phi) is 14.1. The monoisotopic (exact) mass is 314 g/mol. The van der Waals surface area contributed by atoms with Crippen LogP contribution in [0.2, 0.25) is 0 Å². The minimum atomic E-state index is -0.0958. The number of carbonyl (C=O) groups excluding carboxylic acids is 2. The number of carbonyl (C=O) groups is 2. The summed E-state index contributed by atoms with van der Waals surface area (Å²) in [5.41, 5.74) is 0. The van der Waals surface area contributed by atoms with Gasteiger partial charge in [0.1, 0.15) is 0 Å². The number of hydrogen-bond acceptors (Lipinski definition) is 4. The lowest BCUT2D eigenvalue weighted by Crippen LogP contribution is -2.12. The highest BCUT2D eigenvalue weighted by Gasteiger charge is 2.11. The fourth-order valence-electron chi connectivity index (χ4n) is 2.56. The second-order valence-corrected chi connectivity index (χ2v) is 6.07. The predicted octanol–water partition coefficient (Wildman–Crippen LogP) is 4.65. The molecule has 4 nitrogen and oxygen atoms in total. The summed E-state index contributed by atoms with van der Waals surface area (Å²) in [5.74, 6) is -0.149. The Bertz CT molecular complexity index is 289. The molecule has 0 aromatic heterocycles. The van der Waals surface area contributed by atoms with E-state index in [2.05, 4.69) is 4.74 Å². The van der Waals surface area contributed by atoms with Crippen molar-refractivity contribution in [3.63, 3.8) is 0 Å². The van der Waals surface area contributed by atoms with Crippen molar-refractivity contribution in [3.8, 4) is 0 Å². The van der Waals surface area contributed by atoms with Crippen LogP contribution in [-0.4, -0.2) is 26.2 Å². The summed E-state index contributed by atoms with van der Waals surface area (Å²) in [6.45, 7) is 1.94. The maximum atomic E-state index is 11.2. The molecule has 0 radical (unpaired) electrons. The second-order valence-electron chi connectivity index (χ2n) is 6.07. The van der Waals surface area contributed by atoms with E-state index >= 15 is 0 Å². The number of ether oxygens (including phenoxy) is 2. The zero-order valence-electron chi connectivity index (χ0n) is 14.7. The van der Waals surface area contributed by atoms with Crippen molar-refractivity contribution in [1.82, 2.24) is 0 Å². The molecule has 4 heteroatoms. The first-order valence-corrected chi connectivity index (χ1v) is 8.76. The van der Waals surface area contributed by atoms with Gasteiger partial charge >= 0.3 is 11.9 Å². The largest absolute Gasteiger partial charge is 0.469 e. The molecule has 0 amide bonds. The third-order valence-electron chi connectivity index (χ3n) is 4.10. The Morgan fingerprint density at radius 3 is 1.64 bits per heavy atom. The maximum absolute atomic E-state index is 11.2. The Hall–Kier alpha value is -1.06. The molecule has 1 atom stereocenters. The number of methoxy groups -OCH3 is 2. The minimum absolute atomic E-state index is 0.0370. The van der Waals surface area contributed by atoms with Gasteiger partial charge in [0.25, 0.3) is 0 Å². The van der Waals surface area contributed by atoms with Crippen LogP contribution < -0.4 is 0 Å². The summed E-state index contributed by atoms with van der Waals surface area (Å²) in [6.07, 6.45) is 13.5. The highest BCUT2D eigenvalue weighted by molar-refractivity contribution is 5.71. The average Bonchev–Trinajstić information content (AvgIpc) is 2.54. The number of esters is 2. The second kappa shape index (κ2) is 14.9. The van der Waals surface area contributed by atoms with Gasteiger partial charge in [-0.05, 0) is 12.8 Å². The predicted molar refractivity (Wildman–Crippen MR) is 88.6 cm³/mol. The molecular weight excluding hydrogens is 280 g/mol. The summed E-state index contributed by atoms with van der Waals surface area (Å²) in [7, 11) is 2.90. The van der Waals surface area contributed by atoms with E-state index < -0.39 is 0 Å². The first-order chi connectivity index (χ1) is 10.6. The van der Waals surface area contributed by atoms with Crippen molar-refractivity contribution in [2.45, 2.75) is 84.0 Å². The number of hydrogen-bond donors (Lipinski definition) is 0. The molecule has 0 aromatic carbocycles. The highest BCUT2D eigenvalue weighted by Crippen LogP contribution is 2.14. The van der Waals surface area contributed by atoms with Crippen LogP contribution in [0.15, 0.2) is 0 Å². The molecule has 22 heavy (non-hydrogen) atoms. The Labute approximate surface area is 135 Å². The van der Waals surface area contributed by atoms with E-state index in [1.807, 2.05) is 6.92 Å². The highest BCUT2D eigenvalue weighted by atomic mass is 16.5. The quantitative estimate of drug-likeness (QED) is 0.346. The lowest BCUT2D eigenvalue weighted by Gasteiger charge is -2.08. The molecule has 1 unspecified atom stereocenters. The van der Waals surface area contributed by atoms with Crippen molar-refractivity contribution in [3.05, 3.63) is 0 Å². The van der Waals surface area contributed by atoms with E-state index in [9.17, 15) is 9.59 Å². The fourth-order valence-corrected chi connectivity index (χ4v) is 2.56. The number of rotatable bonds is 14. The minimum Gasteiger partial charge on any atom is -0.469 e. The standard InChI is InChI=1S/C18H34O4/c1-16(18(20)22-3)14-12-10-8-6-4-5-7-9-11-13-15-17(19)21-2/h16H,4-15H2,1-3H3. The molecule has 0 bridgehead atoms. The summed E-state index contributed by atoms with van der Waals surface area (Å²) in [6, 6.07) is 0. The Morgan fingerprint density at radius 2 is 1.18 bits per heavy atom. The molecule has 0 spiro atoms. The maximum Gasteiger partial charge on any atom is 0.308 e. The molecule has 130 valence electrons. The third-order valence-corrected chi connectivity index (χ3v) is 4.10. The van der Waals surface area contributed by atoms with Gasteiger partial charge in [0.05, 0.1) is 20.1 Å². The smallest absolute Gasteiger partial charge is 0.308 e. The molecular formula is C18H34O4. The van der Waals surface area contributed by atoms with Crippen LogP contribution in [0.5, 0.6) is 0 Å².